The standard InChI is InChI=1S/C24H28FN5O3/c1-14(2)33-22-12-20-15(13-30(28-20)16-5-7-26-8-6-16)10-17(22)23(31)27-19-4-3-9-29(24(19)32)21-11-18(21)25/h3-4,9-10,12-14,16,18,21,26H,5-8,11H2,1-2H3,(H,27,31)/t18-,21+/m1/s1. The fraction of sp³-hybridized carbons (Fsp3) is 0.458. The van der Waals surface area contributed by atoms with Crippen molar-refractivity contribution in [3.05, 3.63) is 52.6 Å². The highest BCUT2D eigenvalue weighted by Gasteiger charge is 2.40. The summed E-state index contributed by atoms with van der Waals surface area (Å²) in [6, 6.07) is 6.57. The Bertz CT molecular complexity index is 1240. The van der Waals surface area contributed by atoms with Crippen LogP contribution in [0, 0.1) is 0 Å². The van der Waals surface area contributed by atoms with E-state index in [1.807, 2.05) is 24.7 Å². The Morgan fingerprint density at radius 3 is 2.76 bits per heavy atom. The summed E-state index contributed by atoms with van der Waals surface area (Å²) in [4.78, 5) is 26.0. The third-order valence-electron chi connectivity index (χ3n) is 6.17. The minimum atomic E-state index is -1.02. The van der Waals surface area contributed by atoms with Gasteiger partial charge in [0.2, 0.25) is 0 Å². The average molecular weight is 454 g/mol. The molecule has 1 aliphatic carbocycles. The molecule has 1 amide bonds. The molecular weight excluding hydrogens is 425 g/mol. The molecule has 3 aromatic rings. The molecule has 1 saturated heterocycles. The van der Waals surface area contributed by atoms with Crippen LogP contribution in [-0.2, 0) is 0 Å². The molecule has 0 bridgehead atoms. The molecule has 1 saturated carbocycles. The zero-order valence-corrected chi connectivity index (χ0v) is 18.8. The number of pyridine rings is 1. The predicted molar refractivity (Wildman–Crippen MR) is 124 cm³/mol. The summed E-state index contributed by atoms with van der Waals surface area (Å²) in [5, 5.41) is 11.6. The third-order valence-corrected chi connectivity index (χ3v) is 6.17. The number of carbonyl (C=O) groups is 1. The van der Waals surface area contributed by atoms with Crippen molar-refractivity contribution < 1.29 is 13.9 Å². The van der Waals surface area contributed by atoms with E-state index >= 15 is 0 Å². The van der Waals surface area contributed by atoms with Gasteiger partial charge in [-0.05, 0) is 58.0 Å². The van der Waals surface area contributed by atoms with Crippen LogP contribution in [0.5, 0.6) is 5.75 Å². The van der Waals surface area contributed by atoms with Gasteiger partial charge in [-0.2, -0.15) is 5.10 Å². The van der Waals surface area contributed by atoms with Crippen molar-refractivity contribution in [2.75, 3.05) is 18.4 Å². The molecule has 0 unspecified atom stereocenters. The SMILES string of the molecule is CC(C)Oc1cc2nn(C3CCNCC3)cc2cc1C(=O)Nc1cccn([C@H]2C[C@H]2F)c1=O. The first-order valence-electron chi connectivity index (χ1n) is 11.5. The van der Waals surface area contributed by atoms with Crippen LogP contribution < -0.4 is 20.9 Å². The summed E-state index contributed by atoms with van der Waals surface area (Å²) >= 11 is 0. The highest BCUT2D eigenvalue weighted by molar-refractivity contribution is 6.08. The van der Waals surface area contributed by atoms with Gasteiger partial charge in [-0.1, -0.05) is 0 Å². The zero-order valence-electron chi connectivity index (χ0n) is 18.8. The molecule has 0 spiro atoms. The second-order valence-electron chi connectivity index (χ2n) is 9.07. The van der Waals surface area contributed by atoms with Crippen LogP contribution in [0.2, 0.25) is 0 Å². The largest absolute Gasteiger partial charge is 0.490 e. The molecule has 0 radical (unpaired) electrons. The molecule has 1 aromatic carbocycles. The molecule has 1 aliphatic heterocycles. The third kappa shape index (κ3) is 4.37. The number of rotatable bonds is 6. The summed E-state index contributed by atoms with van der Waals surface area (Å²) in [7, 11) is 0. The Labute approximate surface area is 190 Å². The van der Waals surface area contributed by atoms with E-state index in [0.29, 0.717) is 23.8 Å². The van der Waals surface area contributed by atoms with E-state index < -0.39 is 23.7 Å². The van der Waals surface area contributed by atoms with Gasteiger partial charge in [0.1, 0.15) is 17.6 Å². The fourth-order valence-corrected chi connectivity index (χ4v) is 4.35. The minimum absolute atomic E-state index is 0.114. The number of ether oxygens (including phenoxy) is 1. The number of hydrogen-bond donors (Lipinski definition) is 2. The Morgan fingerprint density at radius 2 is 2.06 bits per heavy atom. The van der Waals surface area contributed by atoms with Crippen LogP contribution in [0.3, 0.4) is 0 Å². The summed E-state index contributed by atoms with van der Waals surface area (Å²) in [6.07, 6.45) is 4.67. The lowest BCUT2D eigenvalue weighted by Crippen LogP contribution is -2.29. The molecule has 3 heterocycles. The molecule has 2 aromatic heterocycles. The molecule has 2 atom stereocenters. The number of alkyl halides is 1. The number of amides is 1. The van der Waals surface area contributed by atoms with Crippen molar-refractivity contribution >= 4 is 22.5 Å². The Balaban J connectivity index is 1.48. The van der Waals surface area contributed by atoms with Gasteiger partial charge < -0.3 is 19.9 Å². The summed E-state index contributed by atoms with van der Waals surface area (Å²) in [5.41, 5.74) is 0.779. The summed E-state index contributed by atoms with van der Waals surface area (Å²) in [6.45, 7) is 5.68. The van der Waals surface area contributed by atoms with E-state index in [9.17, 15) is 14.0 Å². The fourth-order valence-electron chi connectivity index (χ4n) is 4.35. The van der Waals surface area contributed by atoms with Crippen LogP contribution in [0.15, 0.2) is 41.5 Å². The number of aromatic nitrogens is 3. The Morgan fingerprint density at radius 1 is 1.30 bits per heavy atom. The van der Waals surface area contributed by atoms with Gasteiger partial charge in [0.05, 0.1) is 29.3 Å². The number of fused-ring (bicyclic) bond motifs is 1. The zero-order chi connectivity index (χ0) is 23.1. The van der Waals surface area contributed by atoms with Crippen molar-refractivity contribution in [2.45, 2.75) is 57.5 Å². The maximum Gasteiger partial charge on any atom is 0.274 e. The number of anilines is 1. The van der Waals surface area contributed by atoms with Gasteiger partial charge in [0.25, 0.3) is 11.5 Å². The average Bonchev–Trinajstić information content (AvgIpc) is 3.36. The first kappa shape index (κ1) is 21.6. The van der Waals surface area contributed by atoms with Crippen molar-refractivity contribution in [2.24, 2.45) is 0 Å². The quantitative estimate of drug-likeness (QED) is 0.597. The molecule has 5 rings (SSSR count). The van der Waals surface area contributed by atoms with Crippen molar-refractivity contribution in [1.29, 1.82) is 0 Å². The van der Waals surface area contributed by atoms with Crippen molar-refractivity contribution in [3.8, 4) is 5.75 Å². The minimum Gasteiger partial charge on any atom is -0.490 e. The topological polar surface area (TPSA) is 90.2 Å². The highest BCUT2D eigenvalue weighted by atomic mass is 19.1. The van der Waals surface area contributed by atoms with Gasteiger partial charge in [-0.15, -0.1) is 0 Å². The maximum atomic E-state index is 13.5. The second kappa shape index (κ2) is 8.62. The van der Waals surface area contributed by atoms with Crippen LogP contribution in [0.4, 0.5) is 10.1 Å². The van der Waals surface area contributed by atoms with E-state index in [2.05, 4.69) is 10.6 Å². The van der Waals surface area contributed by atoms with Gasteiger partial charge >= 0.3 is 0 Å². The normalized spacial score (nSPS) is 20.8. The number of carbonyl (C=O) groups excluding carboxylic acids is 1. The number of nitrogens with one attached hydrogen (secondary N) is 2. The number of halogens is 1. The molecule has 8 nitrogen and oxygen atoms in total. The number of benzene rings is 1. The van der Waals surface area contributed by atoms with Crippen LogP contribution in [0.1, 0.15) is 55.6 Å². The lowest BCUT2D eigenvalue weighted by Gasteiger charge is -2.22. The molecule has 2 fully saturated rings. The Kier molecular flexibility index (Phi) is 5.65. The monoisotopic (exact) mass is 453 g/mol. The molecule has 2 aliphatic rings. The molecule has 9 heteroatoms. The van der Waals surface area contributed by atoms with Crippen molar-refractivity contribution in [3.63, 3.8) is 0 Å². The smallest absolute Gasteiger partial charge is 0.274 e. The van der Waals surface area contributed by atoms with E-state index in [1.54, 1.807) is 24.4 Å². The number of piperidine rings is 1. The van der Waals surface area contributed by atoms with E-state index in [4.69, 9.17) is 9.84 Å². The van der Waals surface area contributed by atoms with E-state index in [1.165, 1.54) is 10.6 Å². The number of nitrogens with zero attached hydrogens (tertiary/aromatic N) is 3. The van der Waals surface area contributed by atoms with E-state index in [0.717, 1.165) is 36.8 Å². The summed E-state index contributed by atoms with van der Waals surface area (Å²) in [5.74, 6) is -0.0440. The van der Waals surface area contributed by atoms with Gasteiger partial charge in [-0.25, -0.2) is 4.39 Å². The molecule has 174 valence electrons. The molecular formula is C24H28FN5O3. The predicted octanol–water partition coefficient (Wildman–Crippen LogP) is 3.44. The lowest BCUT2D eigenvalue weighted by molar-refractivity contribution is 0.102. The molecule has 33 heavy (non-hydrogen) atoms. The van der Waals surface area contributed by atoms with Crippen LogP contribution in [-0.4, -0.2) is 45.6 Å². The molecule has 2 N–H and O–H groups in total. The van der Waals surface area contributed by atoms with Crippen molar-refractivity contribution in [1.82, 2.24) is 19.7 Å². The van der Waals surface area contributed by atoms with Crippen LogP contribution in [0.25, 0.3) is 10.9 Å². The maximum absolute atomic E-state index is 13.5. The Hall–Kier alpha value is -3.20. The highest BCUT2D eigenvalue weighted by Crippen LogP contribution is 2.37. The second-order valence-corrected chi connectivity index (χ2v) is 9.07. The van der Waals surface area contributed by atoms with E-state index in [-0.39, 0.29) is 11.8 Å². The van der Waals surface area contributed by atoms with Gasteiger partial charge in [0.15, 0.2) is 0 Å². The van der Waals surface area contributed by atoms with Crippen LogP contribution >= 0.6 is 0 Å². The first-order valence-corrected chi connectivity index (χ1v) is 11.5. The lowest BCUT2D eigenvalue weighted by atomic mass is 10.1. The van der Waals surface area contributed by atoms with Gasteiger partial charge in [-0.3, -0.25) is 14.3 Å². The first-order chi connectivity index (χ1) is 15.9. The van der Waals surface area contributed by atoms with Gasteiger partial charge in [0, 0.05) is 30.3 Å². The summed E-state index contributed by atoms with van der Waals surface area (Å²) < 4.78 is 22.7. The number of hydrogen-bond acceptors (Lipinski definition) is 5.